The van der Waals surface area contributed by atoms with Crippen LogP contribution in [-0.4, -0.2) is 29.9 Å². The molecule has 5 heteroatoms. The lowest BCUT2D eigenvalue weighted by Crippen LogP contribution is -2.46. The molecule has 0 spiro atoms. The van der Waals surface area contributed by atoms with Crippen LogP contribution in [0.5, 0.6) is 11.5 Å². The van der Waals surface area contributed by atoms with E-state index in [2.05, 4.69) is 57.1 Å². The number of nitrogens with one attached hydrogen (secondary N) is 1. The van der Waals surface area contributed by atoms with E-state index in [9.17, 15) is 4.79 Å². The van der Waals surface area contributed by atoms with E-state index in [0.29, 0.717) is 17.9 Å². The van der Waals surface area contributed by atoms with Crippen LogP contribution >= 0.6 is 22.6 Å². The highest BCUT2D eigenvalue weighted by Gasteiger charge is 2.29. The van der Waals surface area contributed by atoms with Crippen LogP contribution < -0.4 is 10.1 Å². The van der Waals surface area contributed by atoms with Crippen molar-refractivity contribution in [1.29, 1.82) is 0 Å². The minimum Gasteiger partial charge on any atom is -0.457 e. The van der Waals surface area contributed by atoms with Gasteiger partial charge >= 0.3 is 0 Å². The van der Waals surface area contributed by atoms with E-state index < -0.39 is 0 Å². The Morgan fingerprint density at radius 1 is 1.00 bits per heavy atom. The summed E-state index contributed by atoms with van der Waals surface area (Å²) in [5.74, 6) is 2.47. The summed E-state index contributed by atoms with van der Waals surface area (Å²) in [7, 11) is 0. The zero-order chi connectivity index (χ0) is 20.8. The average molecular weight is 518 g/mol. The molecule has 1 N–H and O–H groups in total. The predicted octanol–water partition coefficient (Wildman–Crippen LogP) is 5.68. The van der Waals surface area contributed by atoms with E-state index >= 15 is 0 Å². The molecule has 0 radical (unpaired) electrons. The second-order valence-corrected chi connectivity index (χ2v) is 9.21. The maximum absolute atomic E-state index is 12.6. The fraction of sp³-hybridized carbons (Fsp3) is 0.480. The van der Waals surface area contributed by atoms with Crippen LogP contribution in [0.4, 0.5) is 0 Å². The lowest BCUT2D eigenvalue weighted by molar-refractivity contribution is -0.136. The molecule has 0 aromatic heterocycles. The number of piperidine rings is 1. The van der Waals surface area contributed by atoms with E-state index in [0.717, 1.165) is 61.2 Å². The molecule has 1 aliphatic carbocycles. The summed E-state index contributed by atoms with van der Waals surface area (Å²) >= 11 is 2.37. The molecule has 1 amide bonds. The SMILES string of the molecule is O=C(C1CCCC1)N1CCC(NCc2ccccc2Oc2ccc(CI)cc2)CC1. The van der Waals surface area contributed by atoms with Gasteiger partial charge in [0.25, 0.3) is 0 Å². The summed E-state index contributed by atoms with van der Waals surface area (Å²) < 4.78 is 7.16. The Morgan fingerprint density at radius 3 is 2.40 bits per heavy atom. The Hall–Kier alpha value is -1.60. The number of para-hydroxylation sites is 1. The van der Waals surface area contributed by atoms with Crippen molar-refractivity contribution in [2.75, 3.05) is 13.1 Å². The number of halogens is 1. The second-order valence-electron chi connectivity index (χ2n) is 8.45. The van der Waals surface area contributed by atoms with Crippen LogP contribution in [0.2, 0.25) is 0 Å². The molecule has 1 heterocycles. The first kappa shape index (κ1) is 21.6. The van der Waals surface area contributed by atoms with Gasteiger partial charge in [-0.1, -0.05) is 65.8 Å². The summed E-state index contributed by atoms with van der Waals surface area (Å²) in [6.45, 7) is 2.55. The fourth-order valence-electron chi connectivity index (χ4n) is 4.51. The number of ether oxygens (including phenoxy) is 1. The maximum Gasteiger partial charge on any atom is 0.225 e. The van der Waals surface area contributed by atoms with E-state index in [1.54, 1.807) is 0 Å². The molecule has 1 saturated carbocycles. The van der Waals surface area contributed by atoms with E-state index in [-0.39, 0.29) is 0 Å². The van der Waals surface area contributed by atoms with Gasteiger partial charge < -0.3 is 15.0 Å². The van der Waals surface area contributed by atoms with Gasteiger partial charge in [0.15, 0.2) is 0 Å². The van der Waals surface area contributed by atoms with Crippen LogP contribution in [0.25, 0.3) is 0 Å². The highest BCUT2D eigenvalue weighted by atomic mass is 127. The molecule has 0 atom stereocenters. The molecule has 0 bridgehead atoms. The number of amides is 1. The smallest absolute Gasteiger partial charge is 0.225 e. The standard InChI is InChI=1S/C25H31IN2O2/c26-17-19-9-11-23(12-10-19)30-24-8-4-3-7-21(24)18-27-22-13-15-28(16-14-22)25(29)20-5-1-2-6-20/h3-4,7-12,20,22,27H,1-2,5-6,13-18H2. The molecule has 4 rings (SSSR count). The quantitative estimate of drug-likeness (QED) is 0.379. The van der Waals surface area contributed by atoms with Crippen molar-refractivity contribution in [2.45, 2.75) is 55.5 Å². The summed E-state index contributed by atoms with van der Waals surface area (Å²) in [6.07, 6.45) is 6.68. The Morgan fingerprint density at radius 2 is 1.70 bits per heavy atom. The van der Waals surface area contributed by atoms with Crippen LogP contribution in [0, 0.1) is 5.92 Å². The molecule has 1 saturated heterocycles. The lowest BCUT2D eigenvalue weighted by Gasteiger charge is -2.34. The van der Waals surface area contributed by atoms with E-state index in [1.807, 2.05) is 24.3 Å². The molecule has 160 valence electrons. The molecule has 1 aliphatic heterocycles. The van der Waals surface area contributed by atoms with Gasteiger partial charge in [-0.3, -0.25) is 4.79 Å². The minimum atomic E-state index is 0.296. The Balaban J connectivity index is 1.28. The van der Waals surface area contributed by atoms with Gasteiger partial charge in [-0.05, 0) is 49.4 Å². The third-order valence-electron chi connectivity index (χ3n) is 6.37. The molecular weight excluding hydrogens is 487 g/mol. The number of carbonyl (C=O) groups excluding carboxylic acids is 1. The number of likely N-dealkylation sites (tertiary alicyclic amines) is 1. The number of alkyl halides is 1. The molecular formula is C25H31IN2O2. The molecule has 2 aromatic rings. The van der Waals surface area contributed by atoms with Crippen molar-refractivity contribution in [3.63, 3.8) is 0 Å². The van der Waals surface area contributed by atoms with Crippen LogP contribution in [-0.2, 0) is 15.8 Å². The topological polar surface area (TPSA) is 41.6 Å². The van der Waals surface area contributed by atoms with Gasteiger partial charge in [-0.2, -0.15) is 0 Å². The van der Waals surface area contributed by atoms with Crippen molar-refractivity contribution in [3.05, 3.63) is 59.7 Å². The first-order valence-electron chi connectivity index (χ1n) is 11.2. The largest absolute Gasteiger partial charge is 0.457 e. The fourth-order valence-corrected chi connectivity index (χ4v) is 5.02. The number of carbonyl (C=O) groups is 1. The Kier molecular flexibility index (Phi) is 7.66. The van der Waals surface area contributed by atoms with Crippen molar-refractivity contribution in [1.82, 2.24) is 10.2 Å². The zero-order valence-corrected chi connectivity index (χ0v) is 19.6. The maximum atomic E-state index is 12.6. The van der Waals surface area contributed by atoms with Gasteiger partial charge in [0.1, 0.15) is 11.5 Å². The van der Waals surface area contributed by atoms with Crippen molar-refractivity contribution < 1.29 is 9.53 Å². The molecule has 2 aromatic carbocycles. The van der Waals surface area contributed by atoms with Crippen molar-refractivity contribution in [3.8, 4) is 11.5 Å². The summed E-state index contributed by atoms with van der Waals surface area (Å²) in [6, 6.07) is 17.0. The normalized spacial score (nSPS) is 18.0. The van der Waals surface area contributed by atoms with Crippen LogP contribution in [0.1, 0.15) is 49.7 Å². The molecule has 30 heavy (non-hydrogen) atoms. The van der Waals surface area contributed by atoms with Gasteiger partial charge in [-0.25, -0.2) is 0 Å². The summed E-state index contributed by atoms with van der Waals surface area (Å²) in [5.41, 5.74) is 2.47. The van der Waals surface area contributed by atoms with Gasteiger partial charge in [-0.15, -0.1) is 0 Å². The highest BCUT2D eigenvalue weighted by Crippen LogP contribution is 2.28. The van der Waals surface area contributed by atoms with E-state index in [1.165, 1.54) is 24.0 Å². The first-order valence-corrected chi connectivity index (χ1v) is 12.7. The highest BCUT2D eigenvalue weighted by molar-refractivity contribution is 14.1. The third kappa shape index (κ3) is 5.55. The Bertz CT molecular complexity index is 825. The number of hydrogen-bond acceptors (Lipinski definition) is 3. The molecule has 2 aliphatic rings. The zero-order valence-electron chi connectivity index (χ0n) is 17.5. The molecule has 0 unspecified atom stereocenters. The predicted molar refractivity (Wildman–Crippen MR) is 129 cm³/mol. The van der Waals surface area contributed by atoms with Gasteiger partial charge in [0.05, 0.1) is 0 Å². The molecule has 2 fully saturated rings. The monoisotopic (exact) mass is 518 g/mol. The first-order chi connectivity index (χ1) is 14.7. The lowest BCUT2D eigenvalue weighted by atomic mass is 10.0. The Labute approximate surface area is 193 Å². The van der Waals surface area contributed by atoms with Gasteiger partial charge in [0, 0.05) is 41.6 Å². The average Bonchev–Trinajstić information content (AvgIpc) is 3.34. The van der Waals surface area contributed by atoms with Crippen LogP contribution in [0.3, 0.4) is 0 Å². The number of benzene rings is 2. The van der Waals surface area contributed by atoms with Gasteiger partial charge in [0.2, 0.25) is 5.91 Å². The van der Waals surface area contributed by atoms with Crippen molar-refractivity contribution in [2.24, 2.45) is 5.92 Å². The van der Waals surface area contributed by atoms with E-state index in [4.69, 9.17) is 4.74 Å². The minimum absolute atomic E-state index is 0.296. The molecule has 4 nitrogen and oxygen atoms in total. The van der Waals surface area contributed by atoms with Crippen LogP contribution in [0.15, 0.2) is 48.5 Å². The number of nitrogens with zero attached hydrogens (tertiary/aromatic N) is 1. The van der Waals surface area contributed by atoms with Crippen molar-refractivity contribution >= 4 is 28.5 Å². The second kappa shape index (κ2) is 10.6. The summed E-state index contributed by atoms with van der Waals surface area (Å²) in [5, 5.41) is 3.69. The number of rotatable bonds is 7. The third-order valence-corrected chi connectivity index (χ3v) is 7.25. The summed E-state index contributed by atoms with van der Waals surface area (Å²) in [4.78, 5) is 14.7. The number of hydrogen-bond donors (Lipinski definition) is 1.